The normalized spacial score (nSPS) is 20.2. The molecule has 0 spiro atoms. The van der Waals surface area contributed by atoms with Crippen molar-refractivity contribution in [3.63, 3.8) is 0 Å². The number of hydrogen-bond acceptors (Lipinski definition) is 3. The van der Waals surface area contributed by atoms with E-state index < -0.39 is 23.4 Å². The second-order valence-electron chi connectivity index (χ2n) is 11.6. The van der Waals surface area contributed by atoms with E-state index in [1.807, 2.05) is 71.6 Å². The van der Waals surface area contributed by atoms with Crippen LogP contribution in [0, 0.1) is 0 Å². The third kappa shape index (κ3) is 4.04. The number of hydrogen-bond donors (Lipinski definition) is 0. The molecular formula is C35H32N2O3. The van der Waals surface area contributed by atoms with E-state index >= 15 is 0 Å². The maximum atomic E-state index is 14.8. The van der Waals surface area contributed by atoms with Crippen LogP contribution in [0.25, 0.3) is 0 Å². The minimum absolute atomic E-state index is 0.232. The monoisotopic (exact) mass is 528 g/mol. The fourth-order valence-corrected chi connectivity index (χ4v) is 6.75. The Kier molecular flexibility index (Phi) is 6.18. The standard InChI is InChI=1S/C35H32N2O3/c1-34(2)23-35(3,25-16-8-5-9-17-25)28-20-12-13-21-29(28)37(34)33(40)30(22-24-14-6-4-7-15-24)36-31(38)26-18-10-11-19-27(26)32(36)39/h4-21,30H,22-23H2,1-3H3. The van der Waals surface area contributed by atoms with Gasteiger partial charge in [-0.05, 0) is 55.2 Å². The number of para-hydroxylation sites is 1. The lowest BCUT2D eigenvalue weighted by atomic mass is 9.65. The van der Waals surface area contributed by atoms with Crippen LogP contribution in [0.15, 0.2) is 109 Å². The fourth-order valence-electron chi connectivity index (χ4n) is 6.75. The highest BCUT2D eigenvalue weighted by molar-refractivity contribution is 6.23. The molecule has 0 saturated carbocycles. The van der Waals surface area contributed by atoms with Crippen molar-refractivity contribution < 1.29 is 14.4 Å². The summed E-state index contributed by atoms with van der Waals surface area (Å²) in [6, 6.07) is 33.8. The van der Waals surface area contributed by atoms with Gasteiger partial charge in [0.05, 0.1) is 11.1 Å². The summed E-state index contributed by atoms with van der Waals surface area (Å²) in [7, 11) is 0. The van der Waals surface area contributed by atoms with Gasteiger partial charge in [-0.1, -0.05) is 97.9 Å². The van der Waals surface area contributed by atoms with Crippen LogP contribution in [0.2, 0.25) is 0 Å². The summed E-state index contributed by atoms with van der Waals surface area (Å²) in [4.78, 5) is 45.2. The van der Waals surface area contributed by atoms with E-state index in [0.717, 1.165) is 16.8 Å². The molecule has 2 atom stereocenters. The molecule has 6 rings (SSSR count). The van der Waals surface area contributed by atoms with Gasteiger partial charge in [0.25, 0.3) is 17.7 Å². The fraction of sp³-hybridized carbons (Fsp3) is 0.229. The molecule has 0 bridgehead atoms. The Morgan fingerprint density at radius 3 is 1.88 bits per heavy atom. The Morgan fingerprint density at radius 1 is 0.725 bits per heavy atom. The number of carbonyl (C=O) groups is 3. The minimum Gasteiger partial charge on any atom is -0.305 e. The molecule has 0 aromatic heterocycles. The van der Waals surface area contributed by atoms with Gasteiger partial charge in [-0.25, -0.2) is 0 Å². The van der Waals surface area contributed by atoms with E-state index in [4.69, 9.17) is 0 Å². The molecule has 200 valence electrons. The number of fused-ring (bicyclic) bond motifs is 2. The topological polar surface area (TPSA) is 57.7 Å². The third-order valence-corrected chi connectivity index (χ3v) is 8.46. The van der Waals surface area contributed by atoms with Gasteiger partial charge in [-0.2, -0.15) is 0 Å². The van der Waals surface area contributed by atoms with E-state index in [1.165, 1.54) is 10.5 Å². The zero-order valence-electron chi connectivity index (χ0n) is 23.0. The molecule has 0 saturated heterocycles. The summed E-state index contributed by atoms with van der Waals surface area (Å²) in [6.07, 6.45) is 0.906. The van der Waals surface area contributed by atoms with Gasteiger partial charge in [-0.15, -0.1) is 0 Å². The van der Waals surface area contributed by atoms with Gasteiger partial charge in [0.1, 0.15) is 6.04 Å². The molecule has 5 nitrogen and oxygen atoms in total. The van der Waals surface area contributed by atoms with Crippen molar-refractivity contribution in [2.75, 3.05) is 4.90 Å². The number of anilines is 1. The maximum absolute atomic E-state index is 14.8. The molecular weight excluding hydrogens is 496 g/mol. The molecule has 3 amide bonds. The Hall–Kier alpha value is -4.51. The average molecular weight is 529 g/mol. The minimum atomic E-state index is -0.997. The highest BCUT2D eigenvalue weighted by Crippen LogP contribution is 2.50. The number of nitrogens with zero attached hydrogens (tertiary/aromatic N) is 2. The number of rotatable bonds is 5. The summed E-state index contributed by atoms with van der Waals surface area (Å²) in [5, 5.41) is 0. The van der Waals surface area contributed by atoms with E-state index in [-0.39, 0.29) is 17.7 Å². The molecule has 2 heterocycles. The Morgan fingerprint density at radius 2 is 1.25 bits per heavy atom. The van der Waals surface area contributed by atoms with Crippen molar-refractivity contribution >= 4 is 23.4 Å². The van der Waals surface area contributed by atoms with E-state index in [9.17, 15) is 14.4 Å². The molecule has 0 fully saturated rings. The highest BCUT2D eigenvalue weighted by atomic mass is 16.2. The first kappa shape index (κ1) is 25.8. The summed E-state index contributed by atoms with van der Waals surface area (Å²) < 4.78 is 0. The predicted octanol–water partition coefficient (Wildman–Crippen LogP) is 6.42. The van der Waals surface area contributed by atoms with Gasteiger partial charge in [0, 0.05) is 23.1 Å². The Labute approximate surface area is 235 Å². The molecule has 2 aliphatic heterocycles. The maximum Gasteiger partial charge on any atom is 0.262 e. The van der Waals surface area contributed by atoms with Gasteiger partial charge in [0.2, 0.25) is 0 Å². The van der Waals surface area contributed by atoms with Crippen LogP contribution in [-0.4, -0.2) is 34.2 Å². The van der Waals surface area contributed by atoms with Crippen molar-refractivity contribution in [2.45, 2.75) is 50.6 Å². The van der Waals surface area contributed by atoms with Crippen LogP contribution in [0.4, 0.5) is 5.69 Å². The van der Waals surface area contributed by atoms with Crippen molar-refractivity contribution in [3.8, 4) is 0 Å². The molecule has 2 unspecified atom stereocenters. The van der Waals surface area contributed by atoms with Crippen LogP contribution >= 0.6 is 0 Å². The van der Waals surface area contributed by atoms with Crippen molar-refractivity contribution in [2.24, 2.45) is 0 Å². The molecule has 0 N–H and O–H groups in total. The lowest BCUT2D eigenvalue weighted by molar-refractivity contribution is -0.123. The van der Waals surface area contributed by atoms with Gasteiger partial charge in [-0.3, -0.25) is 19.3 Å². The van der Waals surface area contributed by atoms with Gasteiger partial charge < -0.3 is 4.90 Å². The highest BCUT2D eigenvalue weighted by Gasteiger charge is 2.51. The number of carbonyl (C=O) groups excluding carboxylic acids is 3. The SMILES string of the molecule is CC1(c2ccccc2)CC(C)(C)N(C(=O)C(Cc2ccccc2)N2C(=O)c3ccccc3C2=O)c2ccccc21. The first-order valence-electron chi connectivity index (χ1n) is 13.7. The van der Waals surface area contributed by atoms with Crippen LogP contribution in [0.1, 0.15) is 64.6 Å². The molecule has 40 heavy (non-hydrogen) atoms. The molecule has 4 aromatic rings. The van der Waals surface area contributed by atoms with E-state index in [1.54, 1.807) is 24.3 Å². The summed E-state index contributed by atoms with van der Waals surface area (Å²) in [5.41, 5.74) is 3.67. The summed E-state index contributed by atoms with van der Waals surface area (Å²) in [5.74, 6) is -1.11. The summed E-state index contributed by atoms with van der Waals surface area (Å²) >= 11 is 0. The molecule has 0 radical (unpaired) electrons. The Bertz CT molecular complexity index is 1580. The lowest BCUT2D eigenvalue weighted by Crippen LogP contribution is -2.61. The summed E-state index contributed by atoms with van der Waals surface area (Å²) in [6.45, 7) is 6.38. The smallest absolute Gasteiger partial charge is 0.262 e. The quantitative estimate of drug-likeness (QED) is 0.281. The number of imide groups is 1. The first-order chi connectivity index (χ1) is 19.2. The lowest BCUT2D eigenvalue weighted by Gasteiger charge is -2.52. The largest absolute Gasteiger partial charge is 0.305 e. The second kappa shape index (κ2) is 9.60. The number of amides is 3. The van der Waals surface area contributed by atoms with Crippen LogP contribution in [-0.2, 0) is 16.6 Å². The predicted molar refractivity (Wildman–Crippen MR) is 156 cm³/mol. The Balaban J connectivity index is 1.48. The molecule has 5 heteroatoms. The van der Waals surface area contributed by atoms with Crippen molar-refractivity contribution in [3.05, 3.63) is 137 Å². The second-order valence-corrected chi connectivity index (χ2v) is 11.6. The molecule has 4 aromatic carbocycles. The van der Waals surface area contributed by atoms with E-state index in [2.05, 4.69) is 39.0 Å². The number of benzene rings is 4. The first-order valence-corrected chi connectivity index (χ1v) is 13.7. The van der Waals surface area contributed by atoms with Crippen LogP contribution in [0.3, 0.4) is 0 Å². The van der Waals surface area contributed by atoms with Crippen molar-refractivity contribution in [1.29, 1.82) is 0 Å². The average Bonchev–Trinajstić information content (AvgIpc) is 3.21. The zero-order valence-corrected chi connectivity index (χ0v) is 23.0. The zero-order chi connectivity index (χ0) is 28.1. The van der Waals surface area contributed by atoms with Crippen molar-refractivity contribution in [1.82, 2.24) is 4.90 Å². The van der Waals surface area contributed by atoms with E-state index in [0.29, 0.717) is 17.5 Å². The molecule has 2 aliphatic rings. The van der Waals surface area contributed by atoms with Gasteiger partial charge >= 0.3 is 0 Å². The molecule has 0 aliphatic carbocycles. The van der Waals surface area contributed by atoms with Gasteiger partial charge in [0.15, 0.2) is 0 Å². The van der Waals surface area contributed by atoms with Crippen LogP contribution in [0.5, 0.6) is 0 Å². The van der Waals surface area contributed by atoms with Crippen LogP contribution < -0.4 is 4.90 Å². The third-order valence-electron chi connectivity index (χ3n) is 8.46.